The zero-order chi connectivity index (χ0) is 45.3. The van der Waals surface area contributed by atoms with Crippen molar-refractivity contribution in [1.29, 1.82) is 0 Å². The van der Waals surface area contributed by atoms with E-state index < -0.39 is 5.97 Å². The second-order valence-electron chi connectivity index (χ2n) is 15.2. The summed E-state index contributed by atoms with van der Waals surface area (Å²) in [4.78, 5) is 85.8. The van der Waals surface area contributed by atoms with Crippen LogP contribution in [0, 0.1) is 13.8 Å². The number of esters is 1. The van der Waals surface area contributed by atoms with Gasteiger partial charge in [0.05, 0.1) is 41.3 Å². The molecule has 5 N–H and O–H groups in total. The first-order chi connectivity index (χ1) is 30.8. The lowest BCUT2D eigenvalue weighted by atomic mass is 10.0. The number of ether oxygens (including phenoxy) is 1. The van der Waals surface area contributed by atoms with Crippen molar-refractivity contribution in [2.24, 2.45) is 0 Å². The van der Waals surface area contributed by atoms with E-state index in [0.717, 1.165) is 44.0 Å². The molecule has 8 rings (SSSR count). The number of ketones is 2. The molecule has 324 valence electrons. The van der Waals surface area contributed by atoms with Crippen molar-refractivity contribution in [3.8, 4) is 0 Å². The molecule has 2 heterocycles. The molecular formula is C50H46N6O8. The number of benzene rings is 6. The highest BCUT2D eigenvalue weighted by Gasteiger charge is 2.13. The van der Waals surface area contributed by atoms with Gasteiger partial charge in [0.15, 0.2) is 11.6 Å². The summed E-state index contributed by atoms with van der Waals surface area (Å²) in [5.41, 5.74) is 5.83. The van der Waals surface area contributed by atoms with Crippen LogP contribution in [0.3, 0.4) is 0 Å². The topological polar surface area (TPSA) is 213 Å². The smallest absolute Gasteiger partial charge is 0.306 e. The second kappa shape index (κ2) is 19.8. The number of Topliss-reactive ketones (excluding diaryl/α,β-unsaturated/α-hetero) is 2. The minimum absolute atomic E-state index is 0.0132. The van der Waals surface area contributed by atoms with Gasteiger partial charge in [-0.2, -0.15) is 0 Å². The number of aryl methyl sites for hydroxylation is 2. The Labute approximate surface area is 366 Å². The van der Waals surface area contributed by atoms with Crippen molar-refractivity contribution in [2.75, 3.05) is 17.2 Å². The lowest BCUT2D eigenvalue weighted by molar-refractivity contribution is -0.143. The molecule has 14 nitrogen and oxygen atoms in total. The lowest BCUT2D eigenvalue weighted by Crippen LogP contribution is -2.10. The van der Waals surface area contributed by atoms with Gasteiger partial charge in [-0.15, -0.1) is 0 Å². The van der Waals surface area contributed by atoms with E-state index in [0.29, 0.717) is 64.3 Å². The fourth-order valence-corrected chi connectivity index (χ4v) is 7.38. The predicted molar refractivity (Wildman–Crippen MR) is 248 cm³/mol. The average Bonchev–Trinajstić information content (AvgIpc) is 3.28. The van der Waals surface area contributed by atoms with E-state index in [2.05, 4.69) is 30.6 Å². The molecule has 0 bridgehead atoms. The van der Waals surface area contributed by atoms with E-state index in [-0.39, 0.29) is 54.3 Å². The monoisotopic (exact) mass is 858 g/mol. The van der Waals surface area contributed by atoms with Gasteiger partial charge >= 0.3 is 11.9 Å². The first-order valence-electron chi connectivity index (χ1n) is 20.8. The van der Waals surface area contributed by atoms with Gasteiger partial charge in [0.1, 0.15) is 11.6 Å². The van der Waals surface area contributed by atoms with Crippen LogP contribution < -0.4 is 21.8 Å². The summed E-state index contributed by atoms with van der Waals surface area (Å²) in [7, 11) is 0. The van der Waals surface area contributed by atoms with Crippen molar-refractivity contribution in [3.05, 3.63) is 164 Å². The number of anilines is 2. The summed E-state index contributed by atoms with van der Waals surface area (Å²) in [5.74, 6) is -0.454. The Morgan fingerprint density at radius 1 is 0.578 bits per heavy atom. The first kappa shape index (κ1) is 44.1. The normalized spacial score (nSPS) is 11.0. The molecule has 0 fully saturated rings. The van der Waals surface area contributed by atoms with Crippen LogP contribution >= 0.6 is 0 Å². The number of nitrogens with one attached hydrogen (secondary N) is 4. The number of nitrogens with zero attached hydrogens (tertiary/aromatic N) is 2. The van der Waals surface area contributed by atoms with Crippen molar-refractivity contribution < 1.29 is 29.0 Å². The highest BCUT2D eigenvalue weighted by molar-refractivity contribution is 6.07. The average molecular weight is 859 g/mol. The first-order valence-corrected chi connectivity index (χ1v) is 20.8. The van der Waals surface area contributed by atoms with Crippen molar-refractivity contribution in [2.45, 2.75) is 59.5 Å². The molecule has 14 heteroatoms. The molecule has 6 aromatic carbocycles. The van der Waals surface area contributed by atoms with Crippen LogP contribution in [-0.4, -0.2) is 55.2 Å². The van der Waals surface area contributed by atoms with Crippen molar-refractivity contribution >= 4 is 78.2 Å². The summed E-state index contributed by atoms with van der Waals surface area (Å²) >= 11 is 0. The van der Waals surface area contributed by atoms with Gasteiger partial charge in [0, 0.05) is 48.4 Å². The molecule has 0 spiro atoms. The molecule has 0 unspecified atom stereocenters. The molecule has 0 atom stereocenters. The Morgan fingerprint density at radius 3 is 1.42 bits per heavy atom. The lowest BCUT2D eigenvalue weighted by Gasteiger charge is -2.10. The molecule has 0 saturated carbocycles. The van der Waals surface area contributed by atoms with Gasteiger partial charge in [-0.05, 0) is 126 Å². The maximum absolute atomic E-state index is 12.5. The van der Waals surface area contributed by atoms with Crippen LogP contribution in [0.2, 0.25) is 0 Å². The molecule has 64 heavy (non-hydrogen) atoms. The second-order valence-corrected chi connectivity index (χ2v) is 15.2. The summed E-state index contributed by atoms with van der Waals surface area (Å²) in [6, 6.07) is 33.8. The third-order valence-electron chi connectivity index (χ3n) is 10.6. The van der Waals surface area contributed by atoms with Crippen LogP contribution in [0.4, 0.5) is 11.4 Å². The Bertz CT molecular complexity index is 3180. The molecule has 2 aromatic heterocycles. The summed E-state index contributed by atoms with van der Waals surface area (Å²) < 4.78 is 4.86. The minimum Gasteiger partial charge on any atom is -0.481 e. The number of aromatic amines is 2. The Balaban J connectivity index is 0.000000192. The fraction of sp³-hybridized carbons (Fsp3) is 0.200. The number of fused-ring (bicyclic) bond motifs is 6. The van der Waals surface area contributed by atoms with Crippen molar-refractivity contribution in [1.82, 2.24) is 19.9 Å². The molecular weight excluding hydrogens is 813 g/mol. The Hall–Kier alpha value is -8.00. The predicted octanol–water partition coefficient (Wildman–Crippen LogP) is 8.57. The quantitative estimate of drug-likeness (QED) is 0.0373. The Kier molecular flexibility index (Phi) is 13.6. The third kappa shape index (κ3) is 10.7. The van der Waals surface area contributed by atoms with Crippen LogP contribution in [0.1, 0.15) is 76.1 Å². The van der Waals surface area contributed by atoms with Crippen LogP contribution in [0.25, 0.3) is 43.4 Å². The largest absolute Gasteiger partial charge is 0.481 e. The number of carboxylic acids is 1. The molecule has 0 radical (unpaired) electrons. The van der Waals surface area contributed by atoms with E-state index in [1.54, 1.807) is 57.2 Å². The summed E-state index contributed by atoms with van der Waals surface area (Å²) in [5, 5.41) is 20.2. The number of carbonyl (C=O) groups is 4. The van der Waals surface area contributed by atoms with Crippen LogP contribution in [0.15, 0.2) is 119 Å². The molecule has 8 aromatic rings. The van der Waals surface area contributed by atoms with Gasteiger partial charge in [-0.1, -0.05) is 36.4 Å². The van der Waals surface area contributed by atoms with Gasteiger partial charge in [0.25, 0.3) is 11.1 Å². The zero-order valence-corrected chi connectivity index (χ0v) is 35.5. The highest BCUT2D eigenvalue weighted by Crippen LogP contribution is 2.25. The number of carboxylic acid groups (broad SMARTS) is 1. The number of aromatic nitrogens is 4. The SMILES string of the molecule is CCOC(=O)CCC(=O)c1ccc(NCc2ccc3ccc4nc(C)[nH]c(=O)c4c3c2)cc1.Cc1nc2ccc3ccc(CNc4ccc(C(=O)CCC(=O)O)cc4)cc3c2c(=O)[nH]1. The van der Waals surface area contributed by atoms with Crippen LogP contribution in [-0.2, 0) is 27.4 Å². The maximum atomic E-state index is 12.5. The zero-order valence-electron chi connectivity index (χ0n) is 35.5. The standard InChI is InChI=1S/C26H25N3O4.C24H21N3O4/c1-3-33-24(31)13-12-23(30)19-6-9-20(10-7-19)27-15-17-4-5-18-8-11-22-25(21(18)14-17)26(32)29-16(2)28-22;1-14-26-20-9-6-16-3-2-15(12-19(16)23(20)24(31)27-14)13-25-18-7-4-17(5-8-18)21(28)10-11-22(29)30/h4-11,14,27H,3,12-13,15H2,1-2H3,(H,28,29,32);2-9,12,25H,10-11,13H2,1H3,(H,29,30)(H,26,27,31). The van der Waals surface area contributed by atoms with Gasteiger partial charge in [-0.25, -0.2) is 9.97 Å². The van der Waals surface area contributed by atoms with Crippen LogP contribution in [0.5, 0.6) is 0 Å². The van der Waals surface area contributed by atoms with E-state index >= 15 is 0 Å². The molecule has 0 saturated heterocycles. The number of carbonyl (C=O) groups excluding carboxylic acids is 3. The number of aliphatic carboxylic acids is 1. The van der Waals surface area contributed by atoms with Crippen molar-refractivity contribution in [3.63, 3.8) is 0 Å². The Morgan fingerprint density at radius 2 is 1.00 bits per heavy atom. The third-order valence-corrected chi connectivity index (χ3v) is 10.6. The van der Waals surface area contributed by atoms with E-state index in [9.17, 15) is 28.8 Å². The fourth-order valence-electron chi connectivity index (χ4n) is 7.38. The highest BCUT2D eigenvalue weighted by atomic mass is 16.5. The number of rotatable bonds is 15. The molecule has 0 amide bonds. The number of H-pyrrole nitrogens is 2. The minimum atomic E-state index is -0.984. The summed E-state index contributed by atoms with van der Waals surface area (Å²) in [6.07, 6.45) is 0.0273. The van der Waals surface area contributed by atoms with E-state index in [1.807, 2.05) is 72.8 Å². The van der Waals surface area contributed by atoms with Gasteiger partial charge in [0.2, 0.25) is 0 Å². The molecule has 0 aliphatic rings. The van der Waals surface area contributed by atoms with E-state index in [4.69, 9.17) is 9.84 Å². The van der Waals surface area contributed by atoms with Gasteiger partial charge < -0.3 is 30.4 Å². The van der Waals surface area contributed by atoms with Gasteiger partial charge in [-0.3, -0.25) is 28.8 Å². The molecule has 0 aliphatic carbocycles. The number of hydrogen-bond acceptors (Lipinski definition) is 11. The maximum Gasteiger partial charge on any atom is 0.306 e. The van der Waals surface area contributed by atoms with E-state index in [1.165, 1.54) is 0 Å². The summed E-state index contributed by atoms with van der Waals surface area (Å²) in [6.45, 7) is 6.67. The number of hydrogen-bond donors (Lipinski definition) is 5. The molecule has 0 aliphatic heterocycles.